The van der Waals surface area contributed by atoms with Gasteiger partial charge in [0.2, 0.25) is 0 Å². The molecule has 0 aromatic heterocycles. The van der Waals surface area contributed by atoms with Crippen LogP contribution in [-0.2, 0) is 5.41 Å². The first-order chi connectivity index (χ1) is 10.2. The Morgan fingerprint density at radius 3 is 2.67 bits per heavy atom. The molecule has 1 unspecified atom stereocenters. The Balaban J connectivity index is 1.85. The Hall–Kier alpha value is -1.51. The fourth-order valence-corrected chi connectivity index (χ4v) is 3.70. The molecule has 1 saturated carbocycles. The summed E-state index contributed by atoms with van der Waals surface area (Å²) in [5.41, 5.74) is 4.25. The molecule has 21 heavy (non-hydrogen) atoms. The van der Waals surface area contributed by atoms with Gasteiger partial charge in [-0.15, -0.1) is 0 Å². The monoisotopic (exact) mass is 299 g/mol. The number of fused-ring (bicyclic) bond motifs is 2. The van der Waals surface area contributed by atoms with E-state index in [-0.39, 0.29) is 6.04 Å². The molecule has 0 amide bonds. The highest BCUT2D eigenvalue weighted by atomic mass is 35.5. The number of benzene rings is 2. The maximum Gasteiger partial charge on any atom is 0.119 e. The third kappa shape index (κ3) is 2.05. The van der Waals surface area contributed by atoms with E-state index in [0.29, 0.717) is 5.41 Å². The van der Waals surface area contributed by atoms with E-state index in [1.54, 1.807) is 7.11 Å². The van der Waals surface area contributed by atoms with Crippen molar-refractivity contribution >= 4 is 11.6 Å². The van der Waals surface area contributed by atoms with Gasteiger partial charge < -0.3 is 10.1 Å². The maximum absolute atomic E-state index is 6.40. The van der Waals surface area contributed by atoms with E-state index >= 15 is 0 Å². The minimum atomic E-state index is 0.172. The van der Waals surface area contributed by atoms with Crippen LogP contribution in [-0.4, -0.2) is 13.7 Å². The zero-order valence-corrected chi connectivity index (χ0v) is 12.8. The summed E-state index contributed by atoms with van der Waals surface area (Å²) in [6.45, 7) is 1.02. The lowest BCUT2D eigenvalue weighted by Gasteiger charge is -2.34. The zero-order valence-electron chi connectivity index (χ0n) is 12.0. The molecule has 2 aromatic rings. The quantitative estimate of drug-likeness (QED) is 0.902. The first-order valence-corrected chi connectivity index (χ1v) is 7.77. The van der Waals surface area contributed by atoms with Gasteiger partial charge >= 0.3 is 0 Å². The molecule has 2 nitrogen and oxygen atoms in total. The Kier molecular flexibility index (Phi) is 2.98. The molecule has 4 rings (SSSR count). The maximum atomic E-state index is 6.40. The lowest BCUT2D eigenvalue weighted by Crippen LogP contribution is -2.38. The summed E-state index contributed by atoms with van der Waals surface area (Å²) in [5.74, 6) is 0.944. The first-order valence-electron chi connectivity index (χ1n) is 7.40. The number of hydrogen-bond acceptors (Lipinski definition) is 2. The molecule has 108 valence electrons. The van der Waals surface area contributed by atoms with Crippen molar-refractivity contribution in [1.82, 2.24) is 5.32 Å². The van der Waals surface area contributed by atoms with Gasteiger partial charge in [-0.2, -0.15) is 0 Å². The van der Waals surface area contributed by atoms with Crippen molar-refractivity contribution < 1.29 is 4.74 Å². The predicted octanol–water partition coefficient (Wildman–Crippen LogP) is 4.07. The topological polar surface area (TPSA) is 21.3 Å². The summed E-state index contributed by atoms with van der Waals surface area (Å²) < 4.78 is 5.42. The van der Waals surface area contributed by atoms with Crippen LogP contribution in [0, 0.1) is 0 Å². The summed E-state index contributed by atoms with van der Waals surface area (Å²) in [7, 11) is 1.73. The number of halogens is 1. The molecule has 2 aliphatic rings. The highest BCUT2D eigenvalue weighted by molar-refractivity contribution is 6.31. The van der Waals surface area contributed by atoms with Crippen LogP contribution in [0.25, 0.3) is 0 Å². The highest BCUT2D eigenvalue weighted by Crippen LogP contribution is 2.54. The third-order valence-corrected chi connectivity index (χ3v) is 5.20. The molecule has 1 atom stereocenters. The molecule has 1 heterocycles. The average molecular weight is 300 g/mol. The van der Waals surface area contributed by atoms with Crippen molar-refractivity contribution in [2.75, 3.05) is 13.7 Å². The number of hydrogen-bond donors (Lipinski definition) is 1. The van der Waals surface area contributed by atoms with E-state index in [2.05, 4.69) is 23.5 Å². The summed E-state index contributed by atoms with van der Waals surface area (Å²) >= 11 is 6.40. The lowest BCUT2D eigenvalue weighted by molar-refractivity contribution is 0.410. The standard InChI is InChI=1S/C18H18ClNO/c1-21-12-6-7-13-15(10-12)18(8-9-18)11-20-17(13)14-4-2-3-5-16(14)19/h2-7,10,17,20H,8-9,11H2,1H3. The molecule has 0 saturated heterocycles. The Morgan fingerprint density at radius 1 is 1.14 bits per heavy atom. The van der Waals surface area contributed by atoms with E-state index in [4.69, 9.17) is 16.3 Å². The fraction of sp³-hybridized carbons (Fsp3) is 0.333. The van der Waals surface area contributed by atoms with E-state index < -0.39 is 0 Å². The van der Waals surface area contributed by atoms with Crippen molar-refractivity contribution in [3.63, 3.8) is 0 Å². The van der Waals surface area contributed by atoms with Gasteiger partial charge in [0, 0.05) is 17.0 Å². The molecule has 2 aromatic carbocycles. The van der Waals surface area contributed by atoms with Crippen molar-refractivity contribution in [3.05, 3.63) is 64.2 Å². The second-order valence-electron chi connectivity index (χ2n) is 6.07. The minimum absolute atomic E-state index is 0.172. The van der Waals surface area contributed by atoms with E-state index in [9.17, 15) is 0 Å². The Morgan fingerprint density at radius 2 is 1.95 bits per heavy atom. The van der Waals surface area contributed by atoms with Gasteiger partial charge in [-0.3, -0.25) is 0 Å². The lowest BCUT2D eigenvalue weighted by atomic mass is 9.82. The van der Waals surface area contributed by atoms with Crippen LogP contribution in [0.5, 0.6) is 5.75 Å². The van der Waals surface area contributed by atoms with Crippen LogP contribution in [0.2, 0.25) is 5.02 Å². The molecule has 3 heteroatoms. The van der Waals surface area contributed by atoms with Gasteiger partial charge in [-0.1, -0.05) is 35.9 Å². The highest BCUT2D eigenvalue weighted by Gasteiger charge is 2.49. The SMILES string of the molecule is COc1ccc2c(c1)C1(CC1)CNC2c1ccccc1Cl. The first kappa shape index (κ1) is 13.2. The Bertz CT molecular complexity index is 693. The van der Waals surface area contributed by atoms with Gasteiger partial charge in [0.1, 0.15) is 5.75 Å². The molecule has 1 fully saturated rings. The average Bonchev–Trinajstić information content (AvgIpc) is 3.29. The van der Waals surface area contributed by atoms with Crippen LogP contribution in [0.1, 0.15) is 35.6 Å². The zero-order chi connectivity index (χ0) is 14.4. The van der Waals surface area contributed by atoms with Crippen LogP contribution in [0.15, 0.2) is 42.5 Å². The van der Waals surface area contributed by atoms with Crippen molar-refractivity contribution in [1.29, 1.82) is 0 Å². The van der Waals surface area contributed by atoms with Gasteiger partial charge in [-0.05, 0) is 47.7 Å². The molecule has 0 radical (unpaired) electrons. The summed E-state index contributed by atoms with van der Waals surface area (Å²) in [5, 5.41) is 4.52. The molecule has 0 bridgehead atoms. The molecule has 1 spiro atoms. The van der Waals surface area contributed by atoms with Crippen LogP contribution in [0.3, 0.4) is 0 Å². The minimum Gasteiger partial charge on any atom is -0.497 e. The third-order valence-electron chi connectivity index (χ3n) is 4.86. The van der Waals surface area contributed by atoms with Gasteiger partial charge in [0.15, 0.2) is 0 Å². The second kappa shape index (κ2) is 4.75. The van der Waals surface area contributed by atoms with Crippen molar-refractivity contribution in [3.8, 4) is 5.75 Å². The van der Waals surface area contributed by atoms with E-state index in [0.717, 1.165) is 22.9 Å². The van der Waals surface area contributed by atoms with Gasteiger partial charge in [0.05, 0.1) is 13.2 Å². The van der Waals surface area contributed by atoms with Crippen LogP contribution >= 0.6 is 11.6 Å². The summed E-state index contributed by atoms with van der Waals surface area (Å²) in [6.07, 6.45) is 2.52. The molecule has 1 N–H and O–H groups in total. The number of rotatable bonds is 2. The summed E-state index contributed by atoms with van der Waals surface area (Å²) in [4.78, 5) is 0. The predicted molar refractivity (Wildman–Crippen MR) is 85.2 cm³/mol. The van der Waals surface area contributed by atoms with E-state index in [1.807, 2.05) is 24.3 Å². The molecule has 1 aliphatic heterocycles. The smallest absolute Gasteiger partial charge is 0.119 e. The van der Waals surface area contributed by atoms with Crippen molar-refractivity contribution in [2.45, 2.75) is 24.3 Å². The molecular formula is C18H18ClNO. The van der Waals surface area contributed by atoms with Crippen molar-refractivity contribution in [2.24, 2.45) is 0 Å². The molecule has 1 aliphatic carbocycles. The Labute approximate surface area is 130 Å². The van der Waals surface area contributed by atoms with Crippen LogP contribution in [0.4, 0.5) is 0 Å². The fourth-order valence-electron chi connectivity index (χ4n) is 3.46. The number of methoxy groups -OCH3 is 1. The normalized spacial score (nSPS) is 21.9. The number of nitrogens with one attached hydrogen (secondary N) is 1. The summed E-state index contributed by atoms with van der Waals surface area (Å²) in [6, 6.07) is 14.7. The van der Waals surface area contributed by atoms with Gasteiger partial charge in [0.25, 0.3) is 0 Å². The second-order valence-corrected chi connectivity index (χ2v) is 6.48. The molecular weight excluding hydrogens is 282 g/mol. The van der Waals surface area contributed by atoms with E-state index in [1.165, 1.54) is 24.0 Å². The largest absolute Gasteiger partial charge is 0.497 e. The number of ether oxygens (including phenoxy) is 1. The van der Waals surface area contributed by atoms with Crippen LogP contribution < -0.4 is 10.1 Å². The van der Waals surface area contributed by atoms with Gasteiger partial charge in [-0.25, -0.2) is 0 Å².